The molecule has 6 aliphatic heterocycles. The Hall–Kier alpha value is -7.56. The molecule has 23 nitrogen and oxygen atoms in total. The number of hydrogen-bond acceptors (Lipinski definition) is 16. The van der Waals surface area contributed by atoms with Crippen molar-refractivity contribution in [2.45, 2.75) is 161 Å². The van der Waals surface area contributed by atoms with Crippen LogP contribution >= 0.6 is 0 Å². The minimum Gasteiger partial charge on any atom is -0.493 e. The van der Waals surface area contributed by atoms with Gasteiger partial charge in [0.15, 0.2) is 25.0 Å². The fourth-order valence-corrected chi connectivity index (χ4v) is 11.2. The van der Waals surface area contributed by atoms with Gasteiger partial charge in [-0.2, -0.15) is 9.59 Å². The van der Waals surface area contributed by atoms with Gasteiger partial charge in [-0.05, 0) is 140 Å². The molecule has 4 unspecified atom stereocenters. The second-order valence-corrected chi connectivity index (χ2v) is 21.4. The highest BCUT2D eigenvalue weighted by molar-refractivity contribution is 6.07. The molecule has 456 valence electrons. The van der Waals surface area contributed by atoms with Gasteiger partial charge in [0.2, 0.25) is 5.91 Å². The molecule has 4 fully saturated rings. The summed E-state index contributed by atoms with van der Waals surface area (Å²) in [6, 6.07) is 8.08. The van der Waals surface area contributed by atoms with Gasteiger partial charge in [-0.15, -0.1) is 0 Å². The molecule has 0 aliphatic carbocycles. The minimum atomic E-state index is -0.898. The number of aryl methyl sites for hydroxylation is 4. The number of piperidine rings is 2. The van der Waals surface area contributed by atoms with E-state index in [4.69, 9.17) is 52.6 Å². The maximum Gasteiger partial charge on any atom is 0.416 e. The average Bonchev–Trinajstić information content (AvgIpc) is 2.78. The number of ether oxygens (including phenoxy) is 8. The van der Waals surface area contributed by atoms with Gasteiger partial charge in [0, 0.05) is 70.2 Å². The highest BCUT2D eigenvalue weighted by atomic mass is 16.7. The van der Waals surface area contributed by atoms with E-state index in [0.29, 0.717) is 104 Å². The van der Waals surface area contributed by atoms with Crippen molar-refractivity contribution in [2.24, 2.45) is 7.05 Å². The summed E-state index contributed by atoms with van der Waals surface area (Å²) in [5.74, 6) is -0.329. The molecule has 2 N–H and O–H groups in total. The molecule has 1 aromatic heterocycles. The monoisotopic (exact) mass is 1170 g/mol. The van der Waals surface area contributed by atoms with Crippen LogP contribution in [0.15, 0.2) is 61.8 Å². The molecule has 0 bridgehead atoms. The fourth-order valence-electron chi connectivity index (χ4n) is 11.2. The van der Waals surface area contributed by atoms with E-state index in [9.17, 15) is 28.8 Å². The number of aromatic nitrogens is 1. The average molecular weight is 1170 g/mol. The lowest BCUT2D eigenvalue weighted by molar-refractivity contribution is -0.199. The Bertz CT molecular complexity index is 2820. The summed E-state index contributed by atoms with van der Waals surface area (Å²) in [4.78, 5) is 101. The Morgan fingerprint density at radius 1 is 0.667 bits per heavy atom. The summed E-state index contributed by atoms with van der Waals surface area (Å²) < 4.78 is 49.8. The zero-order chi connectivity index (χ0) is 60.3. The van der Waals surface area contributed by atoms with Crippen LogP contribution in [0, 0.1) is 20.8 Å². The summed E-state index contributed by atoms with van der Waals surface area (Å²) in [6.45, 7) is 15.8. The number of amides is 5. The number of carboxylic acids is 1. The molecule has 3 aromatic rings. The van der Waals surface area contributed by atoms with Crippen LogP contribution in [0.2, 0.25) is 0 Å². The summed E-state index contributed by atoms with van der Waals surface area (Å²) in [5.41, 5.74) is 4.76. The van der Waals surface area contributed by atoms with E-state index in [1.165, 1.54) is 22.0 Å². The van der Waals surface area contributed by atoms with E-state index >= 15 is 0 Å². The second kappa shape index (κ2) is 31.4. The van der Waals surface area contributed by atoms with Gasteiger partial charge in [0.1, 0.15) is 24.7 Å². The molecule has 6 atom stereocenters. The number of carboxylic acid groups (broad SMARTS) is 1. The standard InChI is InChI=1S/C33H44N4O7.C27H36N2O8.CO2/c1-5-15-43-33(40)37-27-20-28(41-17-10-12-29(38)34-24-19-23(3)35(4)21-24)22(2)18-25(27)31(39)36-14-8-6-11-26(36)32(37)44-30-13-7-9-16-42-30;1-3-13-36-27(33)29-21-17-22(34-15-8-10-23(30)31)18(2)16-19(21)25(32)28-12-6-4-9-20(28)26(29)37-24-11-5-7-14-35-24;2-1-3/h5,18-21,26,30,32H,1,6-17H2,2-4H3,(H,34,38);3,16-17,20,24,26H,1,4-15H2,2H3,(H,30,31);/t26-,30?,32?;20-,24?,26?;/m00./s1. The number of carbonyl (C=O) groups is 6. The van der Waals surface area contributed by atoms with Crippen molar-refractivity contribution in [3.63, 3.8) is 0 Å². The number of nitrogens with one attached hydrogen (secondary N) is 1. The first-order chi connectivity index (χ1) is 40.6. The van der Waals surface area contributed by atoms with Crippen LogP contribution in [0.4, 0.5) is 26.7 Å². The Labute approximate surface area is 490 Å². The Morgan fingerprint density at radius 2 is 1.12 bits per heavy atom. The SMILES string of the molecule is C=CCOC(=O)N1c2cc(OCCCC(=O)Nc3cc(C)n(C)c3)c(C)cc2C(=O)N2CCCC[C@H]2C1OC1CCCCO1.C=CCOC(=O)N1c2cc(OCCCC(=O)O)c(C)cc2C(=O)N2CCCC[C@H]2C1OC1CCCCO1.O=C=O. The van der Waals surface area contributed by atoms with E-state index in [1.807, 2.05) is 54.4 Å². The van der Waals surface area contributed by atoms with Crippen molar-refractivity contribution in [1.82, 2.24) is 14.4 Å². The van der Waals surface area contributed by atoms with Crippen molar-refractivity contribution >= 4 is 59.1 Å². The van der Waals surface area contributed by atoms with Crippen molar-refractivity contribution in [3.05, 3.63) is 89.8 Å². The van der Waals surface area contributed by atoms with Gasteiger partial charge >= 0.3 is 24.3 Å². The summed E-state index contributed by atoms with van der Waals surface area (Å²) >= 11 is 0. The van der Waals surface area contributed by atoms with Gasteiger partial charge in [-0.3, -0.25) is 19.2 Å². The second-order valence-electron chi connectivity index (χ2n) is 21.4. The van der Waals surface area contributed by atoms with Crippen LogP contribution in [0.5, 0.6) is 11.5 Å². The van der Waals surface area contributed by atoms with Crippen LogP contribution in [0.25, 0.3) is 0 Å². The minimum absolute atomic E-state index is 0.00402. The molecule has 84 heavy (non-hydrogen) atoms. The molecular formula is C61H80N6O17. The molecular weight excluding hydrogens is 1090 g/mol. The lowest BCUT2D eigenvalue weighted by Crippen LogP contribution is -2.57. The van der Waals surface area contributed by atoms with Gasteiger partial charge in [-0.25, -0.2) is 19.4 Å². The molecule has 2 aromatic carbocycles. The number of nitrogens with zero attached hydrogens (tertiary/aromatic N) is 5. The van der Waals surface area contributed by atoms with E-state index in [1.54, 1.807) is 24.3 Å². The number of anilines is 3. The molecule has 9 rings (SSSR count). The zero-order valence-corrected chi connectivity index (χ0v) is 48.7. The topological polar surface area (TPSA) is 261 Å². The van der Waals surface area contributed by atoms with Crippen molar-refractivity contribution in [2.75, 3.05) is 67.8 Å². The Balaban J connectivity index is 0.000000234. The molecule has 7 heterocycles. The van der Waals surface area contributed by atoms with Crippen molar-refractivity contribution in [1.29, 1.82) is 0 Å². The van der Waals surface area contributed by atoms with E-state index < -0.39 is 43.2 Å². The van der Waals surface area contributed by atoms with Gasteiger partial charge in [-0.1, -0.05) is 25.3 Å². The van der Waals surface area contributed by atoms with Crippen LogP contribution in [0.1, 0.15) is 140 Å². The van der Waals surface area contributed by atoms with Crippen LogP contribution < -0.4 is 24.6 Å². The molecule has 4 saturated heterocycles. The third-order valence-electron chi connectivity index (χ3n) is 15.4. The lowest BCUT2D eigenvalue weighted by Gasteiger charge is -2.42. The third-order valence-corrected chi connectivity index (χ3v) is 15.4. The van der Waals surface area contributed by atoms with Crippen LogP contribution in [-0.2, 0) is 54.6 Å². The number of aliphatic carboxylic acids is 1. The quantitative estimate of drug-likeness (QED) is 0.0837. The molecule has 23 heteroatoms. The number of fused-ring (bicyclic) bond motifs is 4. The van der Waals surface area contributed by atoms with E-state index in [-0.39, 0.29) is 75.2 Å². The zero-order valence-electron chi connectivity index (χ0n) is 48.7. The summed E-state index contributed by atoms with van der Waals surface area (Å²) in [5, 5.41) is 11.8. The molecule has 0 spiro atoms. The molecule has 0 saturated carbocycles. The highest BCUT2D eigenvalue weighted by Crippen LogP contribution is 2.42. The Kier molecular flexibility index (Phi) is 23.9. The van der Waals surface area contributed by atoms with E-state index in [0.717, 1.165) is 68.3 Å². The van der Waals surface area contributed by atoms with Crippen LogP contribution in [0.3, 0.4) is 0 Å². The maximum absolute atomic E-state index is 14.0. The first kappa shape index (κ1) is 64.0. The molecule has 6 aliphatic rings. The fraction of sp³-hybridized carbons (Fsp3) is 0.557. The first-order valence-corrected chi connectivity index (χ1v) is 29.1. The number of hydrogen-bond donors (Lipinski definition) is 2. The number of carbonyl (C=O) groups excluding carboxylic acids is 7. The smallest absolute Gasteiger partial charge is 0.416 e. The van der Waals surface area contributed by atoms with Gasteiger partial charge in [0.25, 0.3) is 11.8 Å². The Morgan fingerprint density at radius 3 is 1.52 bits per heavy atom. The maximum atomic E-state index is 14.0. The molecule has 5 amide bonds. The number of rotatable bonds is 19. The summed E-state index contributed by atoms with van der Waals surface area (Å²) in [6.07, 6.45) is 12.5. The predicted molar refractivity (Wildman–Crippen MR) is 306 cm³/mol. The lowest BCUT2D eigenvalue weighted by atomic mass is 10.00. The van der Waals surface area contributed by atoms with Crippen molar-refractivity contribution < 1.29 is 81.4 Å². The normalized spacial score (nSPS) is 21.8. The first-order valence-electron chi connectivity index (χ1n) is 29.1. The largest absolute Gasteiger partial charge is 0.493 e. The third kappa shape index (κ3) is 16.4. The van der Waals surface area contributed by atoms with Gasteiger partial charge < -0.3 is 62.7 Å². The highest BCUT2D eigenvalue weighted by Gasteiger charge is 2.48. The van der Waals surface area contributed by atoms with E-state index in [2.05, 4.69) is 18.5 Å². The van der Waals surface area contributed by atoms with Crippen molar-refractivity contribution in [3.8, 4) is 11.5 Å². The summed E-state index contributed by atoms with van der Waals surface area (Å²) in [7, 11) is 1.93. The molecule has 0 radical (unpaired) electrons. The van der Waals surface area contributed by atoms with Gasteiger partial charge in [0.05, 0.1) is 53.5 Å². The number of benzene rings is 2. The predicted octanol–water partition coefficient (Wildman–Crippen LogP) is 9.11. The van der Waals surface area contributed by atoms with Crippen LogP contribution in [-0.4, -0.2) is 151 Å².